The molecular formula is C53H92O11. The van der Waals surface area contributed by atoms with Crippen molar-refractivity contribution >= 4 is 17.9 Å². The van der Waals surface area contributed by atoms with E-state index in [9.17, 15) is 34.8 Å². The molecule has 0 aromatic rings. The van der Waals surface area contributed by atoms with Gasteiger partial charge in [0.15, 0.2) is 18.5 Å². The first-order chi connectivity index (χ1) is 31.2. The standard InChI is InChI=1S/C53H92O11/c1-3-5-7-9-11-13-15-17-19-21-23-25-27-29-31-33-35-37-39-41-46(54)61-43-45(44-62-53-50(58)48(56)49(57)51(64-53)52(59)60)63-47(55)42-40-38-36-34-32-30-28-26-24-22-20-18-16-14-12-10-8-6-4-2/h11,13,17-20,23,25,45,48-51,53,56-58H,3-10,12,14-16,21-22,24,26-44H2,1-2H3,(H,59,60)/b13-11-,19-17-,20-18-,25-23-. The Kier molecular flexibility index (Phi) is 39.6. The Bertz CT molecular complexity index is 1250. The highest BCUT2D eigenvalue weighted by molar-refractivity contribution is 5.73. The molecule has 1 heterocycles. The summed E-state index contributed by atoms with van der Waals surface area (Å²) in [6.07, 6.45) is 42.9. The number of aliphatic carboxylic acids is 1. The van der Waals surface area contributed by atoms with E-state index in [1.807, 2.05) is 0 Å². The lowest BCUT2D eigenvalue weighted by molar-refractivity contribution is -0.298. The lowest BCUT2D eigenvalue weighted by Gasteiger charge is -2.38. The number of hydrogen-bond donors (Lipinski definition) is 4. The van der Waals surface area contributed by atoms with Gasteiger partial charge in [-0.15, -0.1) is 0 Å². The number of esters is 2. The van der Waals surface area contributed by atoms with Crippen molar-refractivity contribution in [3.63, 3.8) is 0 Å². The Hall–Kier alpha value is -2.83. The molecule has 1 aliphatic heterocycles. The normalized spacial score (nSPS) is 19.7. The zero-order valence-corrected chi connectivity index (χ0v) is 40.3. The number of carbonyl (C=O) groups excluding carboxylic acids is 2. The summed E-state index contributed by atoms with van der Waals surface area (Å²) in [5.74, 6) is -2.46. The number of allylic oxidation sites excluding steroid dienone is 8. The molecule has 0 aromatic heterocycles. The lowest BCUT2D eigenvalue weighted by atomic mass is 9.99. The number of carboxylic acid groups (broad SMARTS) is 1. The predicted molar refractivity (Wildman–Crippen MR) is 257 cm³/mol. The van der Waals surface area contributed by atoms with Gasteiger partial charge in [-0.05, 0) is 77.0 Å². The highest BCUT2D eigenvalue weighted by Gasteiger charge is 2.47. The van der Waals surface area contributed by atoms with Crippen LogP contribution in [-0.4, -0.2) is 88.4 Å². The lowest BCUT2D eigenvalue weighted by Crippen LogP contribution is -2.60. The van der Waals surface area contributed by atoms with Crippen LogP contribution in [0, 0.1) is 0 Å². The van der Waals surface area contributed by atoms with Gasteiger partial charge in [-0.2, -0.15) is 0 Å². The van der Waals surface area contributed by atoms with Crippen molar-refractivity contribution in [3.05, 3.63) is 48.6 Å². The summed E-state index contributed by atoms with van der Waals surface area (Å²) in [6.45, 7) is 3.79. The fourth-order valence-corrected chi connectivity index (χ4v) is 7.59. The molecule has 0 radical (unpaired) electrons. The van der Waals surface area contributed by atoms with Gasteiger partial charge in [-0.3, -0.25) is 9.59 Å². The van der Waals surface area contributed by atoms with Gasteiger partial charge in [0.2, 0.25) is 0 Å². The predicted octanol–water partition coefficient (Wildman–Crippen LogP) is 12.1. The Morgan fingerprint density at radius 3 is 1.36 bits per heavy atom. The van der Waals surface area contributed by atoms with Gasteiger partial charge < -0.3 is 39.4 Å². The molecule has 0 aromatic carbocycles. The molecule has 11 nitrogen and oxygen atoms in total. The zero-order chi connectivity index (χ0) is 46.7. The van der Waals surface area contributed by atoms with Gasteiger partial charge >= 0.3 is 17.9 Å². The summed E-state index contributed by atoms with van der Waals surface area (Å²) < 4.78 is 21.8. The third kappa shape index (κ3) is 33.6. The van der Waals surface area contributed by atoms with Crippen LogP contribution in [0.5, 0.6) is 0 Å². The summed E-state index contributed by atoms with van der Waals surface area (Å²) in [5, 5.41) is 39.9. The maximum absolute atomic E-state index is 12.8. The number of carboxylic acids is 1. The fourth-order valence-electron chi connectivity index (χ4n) is 7.59. The van der Waals surface area contributed by atoms with E-state index in [-0.39, 0.29) is 19.4 Å². The molecule has 4 N–H and O–H groups in total. The first-order valence-electron chi connectivity index (χ1n) is 25.7. The van der Waals surface area contributed by atoms with Crippen LogP contribution >= 0.6 is 0 Å². The minimum Gasteiger partial charge on any atom is -0.479 e. The Labute approximate surface area is 388 Å². The van der Waals surface area contributed by atoms with Crippen LogP contribution in [-0.2, 0) is 33.3 Å². The van der Waals surface area contributed by atoms with Crippen molar-refractivity contribution in [2.75, 3.05) is 13.2 Å². The molecule has 1 rings (SSSR count). The Balaban J connectivity index is 2.32. The van der Waals surface area contributed by atoms with E-state index in [4.69, 9.17) is 18.9 Å². The number of rotatable bonds is 43. The van der Waals surface area contributed by atoms with Crippen LogP contribution in [0.4, 0.5) is 0 Å². The molecule has 0 spiro atoms. The van der Waals surface area contributed by atoms with Crippen LogP contribution in [0.3, 0.4) is 0 Å². The highest BCUT2D eigenvalue weighted by atomic mass is 16.7. The summed E-state index contributed by atoms with van der Waals surface area (Å²) in [5.41, 5.74) is 0. The second kappa shape index (κ2) is 42.8. The SMILES string of the molecule is CCCCC/C=C\C/C=C\C/C=C\CCCCCCCCC(=O)OCC(COC1OC(C(=O)O)C(O)C(O)C1O)OC(=O)CCCCCCCCCCC/C=C\CCCCCCCC. The molecule has 1 fully saturated rings. The monoisotopic (exact) mass is 905 g/mol. The second-order valence-corrected chi connectivity index (χ2v) is 17.7. The molecule has 0 amide bonds. The molecule has 370 valence electrons. The maximum Gasteiger partial charge on any atom is 0.335 e. The summed E-state index contributed by atoms with van der Waals surface area (Å²) in [6, 6.07) is 0. The summed E-state index contributed by atoms with van der Waals surface area (Å²) >= 11 is 0. The van der Waals surface area contributed by atoms with Gasteiger partial charge in [0, 0.05) is 12.8 Å². The first-order valence-corrected chi connectivity index (χ1v) is 25.7. The van der Waals surface area contributed by atoms with E-state index < -0.39 is 61.3 Å². The molecular weight excluding hydrogens is 813 g/mol. The number of hydrogen-bond acceptors (Lipinski definition) is 10. The average Bonchev–Trinajstić information content (AvgIpc) is 3.28. The summed E-state index contributed by atoms with van der Waals surface area (Å²) in [7, 11) is 0. The third-order valence-electron chi connectivity index (χ3n) is 11.7. The van der Waals surface area contributed by atoms with Crippen molar-refractivity contribution < 1.29 is 53.8 Å². The quantitative estimate of drug-likeness (QED) is 0.0261. The number of aliphatic hydroxyl groups excluding tert-OH is 3. The van der Waals surface area contributed by atoms with Gasteiger partial charge in [-0.25, -0.2) is 4.79 Å². The van der Waals surface area contributed by atoms with Gasteiger partial charge in [0.25, 0.3) is 0 Å². The number of carbonyl (C=O) groups is 3. The van der Waals surface area contributed by atoms with E-state index >= 15 is 0 Å². The average molecular weight is 905 g/mol. The largest absolute Gasteiger partial charge is 0.479 e. The highest BCUT2D eigenvalue weighted by Crippen LogP contribution is 2.23. The molecule has 11 heteroatoms. The molecule has 64 heavy (non-hydrogen) atoms. The minimum atomic E-state index is -1.86. The van der Waals surface area contributed by atoms with Crippen LogP contribution in [0.15, 0.2) is 48.6 Å². The van der Waals surface area contributed by atoms with Gasteiger partial charge in [-0.1, -0.05) is 178 Å². The van der Waals surface area contributed by atoms with Crippen LogP contribution in [0.2, 0.25) is 0 Å². The summed E-state index contributed by atoms with van der Waals surface area (Å²) in [4.78, 5) is 37.0. The fraction of sp³-hybridized carbons (Fsp3) is 0.792. The molecule has 0 bridgehead atoms. The molecule has 1 aliphatic rings. The van der Waals surface area contributed by atoms with E-state index in [0.29, 0.717) is 12.8 Å². The van der Waals surface area contributed by atoms with E-state index in [1.54, 1.807) is 0 Å². The first kappa shape index (κ1) is 59.2. The number of unbranched alkanes of at least 4 members (excludes halogenated alkanes) is 24. The second-order valence-electron chi connectivity index (χ2n) is 17.7. The van der Waals surface area contributed by atoms with E-state index in [2.05, 4.69) is 62.5 Å². The van der Waals surface area contributed by atoms with E-state index in [1.165, 1.54) is 109 Å². The van der Waals surface area contributed by atoms with Crippen LogP contribution < -0.4 is 0 Å². The number of ether oxygens (including phenoxy) is 4. The molecule has 0 saturated carbocycles. The van der Waals surface area contributed by atoms with Crippen LogP contribution in [0.1, 0.15) is 219 Å². The minimum absolute atomic E-state index is 0.177. The number of aliphatic hydroxyl groups is 3. The molecule has 6 atom stereocenters. The smallest absolute Gasteiger partial charge is 0.335 e. The molecule has 1 saturated heterocycles. The van der Waals surface area contributed by atoms with Crippen molar-refractivity contribution in [3.8, 4) is 0 Å². The zero-order valence-electron chi connectivity index (χ0n) is 40.3. The van der Waals surface area contributed by atoms with Gasteiger partial charge in [0.05, 0.1) is 6.61 Å². The molecule has 6 unspecified atom stereocenters. The van der Waals surface area contributed by atoms with Crippen molar-refractivity contribution in [2.45, 2.75) is 256 Å². The van der Waals surface area contributed by atoms with E-state index in [0.717, 1.165) is 70.6 Å². The van der Waals surface area contributed by atoms with Crippen molar-refractivity contribution in [2.24, 2.45) is 0 Å². The van der Waals surface area contributed by atoms with Crippen molar-refractivity contribution in [1.82, 2.24) is 0 Å². The Morgan fingerprint density at radius 1 is 0.484 bits per heavy atom. The molecule has 0 aliphatic carbocycles. The maximum atomic E-state index is 12.8. The Morgan fingerprint density at radius 2 is 0.875 bits per heavy atom. The topological polar surface area (TPSA) is 169 Å². The van der Waals surface area contributed by atoms with Crippen LogP contribution in [0.25, 0.3) is 0 Å². The van der Waals surface area contributed by atoms with Gasteiger partial charge in [0.1, 0.15) is 24.9 Å². The van der Waals surface area contributed by atoms with Crippen molar-refractivity contribution in [1.29, 1.82) is 0 Å². The third-order valence-corrected chi connectivity index (χ3v) is 11.7.